The first-order chi connectivity index (χ1) is 10.2. The van der Waals surface area contributed by atoms with Crippen molar-refractivity contribution in [1.29, 1.82) is 0 Å². The van der Waals surface area contributed by atoms with Crippen molar-refractivity contribution in [3.63, 3.8) is 0 Å². The molecule has 118 valence electrons. The Labute approximate surface area is 126 Å². The highest BCUT2D eigenvalue weighted by Gasteiger charge is 2.16. The molecule has 4 heteroatoms. The fraction of sp³-hybridized carbons (Fsp3) is 0.647. The highest BCUT2D eigenvalue weighted by atomic mass is 19.1. The van der Waals surface area contributed by atoms with Crippen molar-refractivity contribution in [2.45, 2.75) is 50.7 Å². The summed E-state index contributed by atoms with van der Waals surface area (Å²) in [5.74, 6) is 0.0100. The largest absolute Gasteiger partial charge is 0.494 e. The summed E-state index contributed by atoms with van der Waals surface area (Å²) in [4.78, 5) is 0. The zero-order chi connectivity index (χ0) is 15.1. The van der Waals surface area contributed by atoms with Crippen molar-refractivity contribution >= 4 is 0 Å². The molecule has 1 aliphatic rings. The standard InChI is InChI=1S/C17H26FNO2/c1-19-14(7-8-15-5-3-4-10-21-15)11-13-6-9-17(20-2)16(18)12-13/h6,9,12,14-15,19H,3-5,7-8,10-11H2,1-2H3. The van der Waals surface area contributed by atoms with Crippen LogP contribution in [0.25, 0.3) is 0 Å². The van der Waals surface area contributed by atoms with Crippen LogP contribution < -0.4 is 10.1 Å². The van der Waals surface area contributed by atoms with Gasteiger partial charge in [-0.2, -0.15) is 0 Å². The van der Waals surface area contributed by atoms with Crippen LogP contribution in [0.15, 0.2) is 18.2 Å². The highest BCUT2D eigenvalue weighted by molar-refractivity contribution is 5.29. The minimum Gasteiger partial charge on any atom is -0.494 e. The lowest BCUT2D eigenvalue weighted by Gasteiger charge is -2.25. The van der Waals surface area contributed by atoms with E-state index in [1.54, 1.807) is 12.1 Å². The van der Waals surface area contributed by atoms with Crippen LogP contribution in [-0.2, 0) is 11.2 Å². The average molecular weight is 295 g/mol. The van der Waals surface area contributed by atoms with E-state index in [9.17, 15) is 4.39 Å². The van der Waals surface area contributed by atoms with Gasteiger partial charge in [0.1, 0.15) is 0 Å². The Balaban J connectivity index is 1.84. The second-order valence-electron chi connectivity index (χ2n) is 5.72. The molecule has 1 aromatic carbocycles. The van der Waals surface area contributed by atoms with Gasteiger partial charge in [0.25, 0.3) is 0 Å². The molecular weight excluding hydrogens is 269 g/mol. The monoisotopic (exact) mass is 295 g/mol. The van der Waals surface area contributed by atoms with Crippen LogP contribution in [0.5, 0.6) is 5.75 Å². The highest BCUT2D eigenvalue weighted by Crippen LogP contribution is 2.21. The summed E-state index contributed by atoms with van der Waals surface area (Å²) < 4.78 is 24.4. The third-order valence-corrected chi connectivity index (χ3v) is 4.22. The molecule has 1 saturated heterocycles. The molecule has 1 fully saturated rings. The van der Waals surface area contributed by atoms with Gasteiger partial charge in [0.15, 0.2) is 11.6 Å². The first-order valence-corrected chi connectivity index (χ1v) is 7.84. The van der Waals surface area contributed by atoms with Crippen LogP contribution in [0.1, 0.15) is 37.7 Å². The van der Waals surface area contributed by atoms with Gasteiger partial charge in [0.05, 0.1) is 13.2 Å². The van der Waals surface area contributed by atoms with E-state index in [2.05, 4.69) is 5.32 Å². The van der Waals surface area contributed by atoms with Gasteiger partial charge in [-0.1, -0.05) is 6.07 Å². The summed E-state index contributed by atoms with van der Waals surface area (Å²) in [6.45, 7) is 0.901. The summed E-state index contributed by atoms with van der Waals surface area (Å²) in [5.41, 5.74) is 0.997. The van der Waals surface area contributed by atoms with Gasteiger partial charge in [-0.15, -0.1) is 0 Å². The van der Waals surface area contributed by atoms with Crippen LogP contribution in [0, 0.1) is 5.82 Å². The van der Waals surface area contributed by atoms with E-state index in [1.165, 1.54) is 26.4 Å². The van der Waals surface area contributed by atoms with Crippen LogP contribution in [0.3, 0.4) is 0 Å². The first-order valence-electron chi connectivity index (χ1n) is 7.84. The maximum Gasteiger partial charge on any atom is 0.165 e. The van der Waals surface area contributed by atoms with Crippen molar-refractivity contribution in [2.24, 2.45) is 0 Å². The van der Waals surface area contributed by atoms with E-state index in [0.29, 0.717) is 17.9 Å². The van der Waals surface area contributed by atoms with E-state index in [1.807, 2.05) is 13.1 Å². The van der Waals surface area contributed by atoms with Gasteiger partial charge in [0.2, 0.25) is 0 Å². The molecular formula is C17H26FNO2. The molecule has 3 nitrogen and oxygen atoms in total. The topological polar surface area (TPSA) is 30.5 Å². The summed E-state index contributed by atoms with van der Waals surface area (Å²) in [6.07, 6.45) is 6.99. The van der Waals surface area contributed by atoms with Crippen molar-refractivity contribution in [1.82, 2.24) is 5.32 Å². The Morgan fingerprint density at radius 3 is 2.90 bits per heavy atom. The number of likely N-dealkylation sites (N-methyl/N-ethyl adjacent to an activating group) is 1. The smallest absolute Gasteiger partial charge is 0.165 e. The fourth-order valence-electron chi connectivity index (χ4n) is 2.89. The molecule has 2 rings (SSSR count). The van der Waals surface area contributed by atoms with Crippen molar-refractivity contribution < 1.29 is 13.9 Å². The van der Waals surface area contributed by atoms with E-state index in [0.717, 1.165) is 31.4 Å². The molecule has 1 heterocycles. The van der Waals surface area contributed by atoms with Crippen LogP contribution >= 0.6 is 0 Å². The molecule has 0 amide bonds. The van der Waals surface area contributed by atoms with Crippen molar-refractivity contribution in [2.75, 3.05) is 20.8 Å². The molecule has 0 aromatic heterocycles. The number of nitrogens with one attached hydrogen (secondary N) is 1. The van der Waals surface area contributed by atoms with Crippen LogP contribution in [0.2, 0.25) is 0 Å². The zero-order valence-corrected chi connectivity index (χ0v) is 13.0. The minimum absolute atomic E-state index is 0.291. The Kier molecular flexibility index (Phi) is 6.46. The summed E-state index contributed by atoms with van der Waals surface area (Å²) in [5, 5.41) is 3.33. The summed E-state index contributed by atoms with van der Waals surface area (Å²) >= 11 is 0. The van der Waals surface area contributed by atoms with Gasteiger partial charge in [-0.05, 0) is 63.3 Å². The quantitative estimate of drug-likeness (QED) is 0.837. The third kappa shape index (κ3) is 4.97. The van der Waals surface area contributed by atoms with Crippen molar-refractivity contribution in [3.05, 3.63) is 29.6 Å². The Bertz CT molecular complexity index is 433. The number of benzene rings is 1. The lowest BCUT2D eigenvalue weighted by atomic mass is 9.97. The number of methoxy groups -OCH3 is 1. The molecule has 2 unspecified atom stereocenters. The van der Waals surface area contributed by atoms with E-state index in [4.69, 9.17) is 9.47 Å². The molecule has 0 radical (unpaired) electrons. The van der Waals surface area contributed by atoms with Gasteiger partial charge in [0, 0.05) is 12.6 Å². The second kappa shape index (κ2) is 8.35. The molecule has 21 heavy (non-hydrogen) atoms. The number of ether oxygens (including phenoxy) is 2. The predicted octanol–water partition coefficient (Wildman–Crippen LogP) is 3.31. The van der Waals surface area contributed by atoms with Gasteiger partial charge in [-0.25, -0.2) is 4.39 Å². The number of hydrogen-bond donors (Lipinski definition) is 1. The maximum atomic E-state index is 13.7. The maximum absolute atomic E-state index is 13.7. The molecule has 0 saturated carbocycles. The number of hydrogen-bond acceptors (Lipinski definition) is 3. The SMILES string of the molecule is CNC(CCC1CCCCO1)Cc1ccc(OC)c(F)c1. The van der Waals surface area contributed by atoms with Gasteiger partial charge >= 0.3 is 0 Å². The lowest BCUT2D eigenvalue weighted by molar-refractivity contribution is 0.00870. The number of rotatable bonds is 7. The predicted molar refractivity (Wildman–Crippen MR) is 82.3 cm³/mol. The number of halogens is 1. The Morgan fingerprint density at radius 1 is 1.43 bits per heavy atom. The van der Waals surface area contributed by atoms with E-state index < -0.39 is 0 Å². The molecule has 0 aliphatic carbocycles. The normalized spacial score (nSPS) is 20.2. The second-order valence-corrected chi connectivity index (χ2v) is 5.72. The Hall–Kier alpha value is -1.13. The molecule has 0 spiro atoms. The molecule has 1 N–H and O–H groups in total. The van der Waals surface area contributed by atoms with Crippen molar-refractivity contribution in [3.8, 4) is 5.75 Å². The van der Waals surface area contributed by atoms with Crippen LogP contribution in [0.4, 0.5) is 4.39 Å². The first kappa shape index (κ1) is 16.2. The van der Waals surface area contributed by atoms with Gasteiger partial charge < -0.3 is 14.8 Å². The molecule has 2 atom stereocenters. The van der Waals surface area contributed by atoms with E-state index >= 15 is 0 Å². The molecule has 0 bridgehead atoms. The third-order valence-electron chi connectivity index (χ3n) is 4.22. The lowest BCUT2D eigenvalue weighted by Crippen LogP contribution is -2.30. The van der Waals surface area contributed by atoms with Gasteiger partial charge in [-0.3, -0.25) is 0 Å². The summed E-state index contributed by atoms with van der Waals surface area (Å²) in [7, 11) is 3.45. The summed E-state index contributed by atoms with van der Waals surface area (Å²) in [6, 6.07) is 5.55. The Morgan fingerprint density at radius 2 is 2.29 bits per heavy atom. The average Bonchev–Trinajstić information content (AvgIpc) is 2.52. The molecule has 1 aliphatic heterocycles. The zero-order valence-electron chi connectivity index (χ0n) is 13.0. The fourth-order valence-corrected chi connectivity index (χ4v) is 2.89. The molecule has 1 aromatic rings. The minimum atomic E-state index is -0.291. The van der Waals surface area contributed by atoms with E-state index in [-0.39, 0.29) is 5.82 Å². The van der Waals surface area contributed by atoms with Crippen LogP contribution in [-0.4, -0.2) is 32.9 Å².